The van der Waals surface area contributed by atoms with Crippen LogP contribution in [0.5, 0.6) is 0 Å². The van der Waals surface area contributed by atoms with Gasteiger partial charge < -0.3 is 14.7 Å². The summed E-state index contributed by atoms with van der Waals surface area (Å²) >= 11 is 0. The molecule has 1 atom stereocenters. The number of likely N-dealkylation sites (tertiary alicyclic amines) is 1. The summed E-state index contributed by atoms with van der Waals surface area (Å²) in [6.45, 7) is 6.21. The van der Waals surface area contributed by atoms with Gasteiger partial charge in [0.2, 0.25) is 17.7 Å². The van der Waals surface area contributed by atoms with Crippen LogP contribution in [0.3, 0.4) is 0 Å². The monoisotopic (exact) mass is 433 g/mol. The predicted octanol–water partition coefficient (Wildman–Crippen LogP) is 3.64. The maximum atomic E-state index is 13.2. The van der Waals surface area contributed by atoms with E-state index in [1.807, 2.05) is 78.2 Å². The second kappa shape index (κ2) is 9.55. The van der Waals surface area contributed by atoms with Gasteiger partial charge in [-0.05, 0) is 50.5 Å². The van der Waals surface area contributed by atoms with Crippen LogP contribution < -0.4 is 9.80 Å². The van der Waals surface area contributed by atoms with Crippen LogP contribution in [0.4, 0.5) is 11.4 Å². The van der Waals surface area contributed by atoms with Gasteiger partial charge in [-0.15, -0.1) is 0 Å². The standard InChI is InChI=1S/C26H31N3O3/c1-3-28(23-12-8-7-9-19(23)2)26(32)20-13-15-27(16-14-20)25(31)21-17-24(30)29(18-21)22-10-5-4-6-11-22/h4-12,20-21H,3,13-18H2,1-2H3. The van der Waals surface area contributed by atoms with E-state index in [-0.39, 0.29) is 36.0 Å². The summed E-state index contributed by atoms with van der Waals surface area (Å²) in [5.74, 6) is -0.218. The Morgan fingerprint density at radius 1 is 0.969 bits per heavy atom. The van der Waals surface area contributed by atoms with Gasteiger partial charge >= 0.3 is 0 Å². The van der Waals surface area contributed by atoms with Crippen LogP contribution in [0, 0.1) is 18.8 Å². The Balaban J connectivity index is 1.35. The minimum atomic E-state index is -0.311. The Bertz CT molecular complexity index is 983. The van der Waals surface area contributed by atoms with E-state index < -0.39 is 0 Å². The number of benzene rings is 2. The molecule has 1 unspecified atom stereocenters. The van der Waals surface area contributed by atoms with Crippen molar-refractivity contribution in [1.82, 2.24) is 4.90 Å². The lowest BCUT2D eigenvalue weighted by Crippen LogP contribution is -2.46. The molecule has 0 radical (unpaired) electrons. The van der Waals surface area contributed by atoms with Crippen molar-refractivity contribution in [2.75, 3.05) is 36.0 Å². The highest BCUT2D eigenvalue weighted by atomic mass is 16.2. The van der Waals surface area contributed by atoms with Crippen molar-refractivity contribution >= 4 is 29.1 Å². The molecule has 2 saturated heterocycles. The Hall–Kier alpha value is -3.15. The number of carbonyl (C=O) groups is 3. The van der Waals surface area contributed by atoms with Crippen LogP contribution in [0.2, 0.25) is 0 Å². The quantitative estimate of drug-likeness (QED) is 0.723. The van der Waals surface area contributed by atoms with E-state index in [0.717, 1.165) is 16.9 Å². The third-order valence-corrected chi connectivity index (χ3v) is 6.69. The molecule has 2 heterocycles. The third-order valence-electron chi connectivity index (χ3n) is 6.69. The summed E-state index contributed by atoms with van der Waals surface area (Å²) in [7, 11) is 0. The highest BCUT2D eigenvalue weighted by Gasteiger charge is 2.39. The molecule has 2 aliphatic rings. The number of anilines is 2. The topological polar surface area (TPSA) is 60.9 Å². The Morgan fingerprint density at radius 2 is 1.62 bits per heavy atom. The van der Waals surface area contributed by atoms with Gasteiger partial charge in [-0.1, -0.05) is 36.4 Å². The number of piperidine rings is 1. The van der Waals surface area contributed by atoms with Crippen molar-refractivity contribution in [3.63, 3.8) is 0 Å². The van der Waals surface area contributed by atoms with Gasteiger partial charge in [0.1, 0.15) is 0 Å². The molecule has 2 aliphatic heterocycles. The Labute approximate surface area is 189 Å². The molecule has 4 rings (SSSR count). The number of carbonyl (C=O) groups excluding carboxylic acids is 3. The number of rotatable bonds is 5. The lowest BCUT2D eigenvalue weighted by Gasteiger charge is -2.35. The fourth-order valence-corrected chi connectivity index (χ4v) is 4.87. The van der Waals surface area contributed by atoms with Gasteiger partial charge in [-0.25, -0.2) is 0 Å². The normalized spacial score (nSPS) is 19.3. The van der Waals surface area contributed by atoms with Gasteiger partial charge in [0.05, 0.1) is 5.92 Å². The minimum absolute atomic E-state index is 0.00330. The van der Waals surface area contributed by atoms with Crippen LogP contribution in [-0.2, 0) is 14.4 Å². The first-order valence-corrected chi connectivity index (χ1v) is 11.5. The van der Waals surface area contributed by atoms with E-state index in [2.05, 4.69) is 0 Å². The predicted molar refractivity (Wildman–Crippen MR) is 125 cm³/mol. The first-order chi connectivity index (χ1) is 15.5. The molecular weight excluding hydrogens is 402 g/mol. The third kappa shape index (κ3) is 4.40. The lowest BCUT2D eigenvalue weighted by atomic mass is 9.93. The van der Waals surface area contributed by atoms with E-state index >= 15 is 0 Å². The summed E-state index contributed by atoms with van der Waals surface area (Å²) in [6.07, 6.45) is 1.58. The van der Waals surface area contributed by atoms with Crippen LogP contribution in [0.15, 0.2) is 54.6 Å². The van der Waals surface area contributed by atoms with Crippen LogP contribution >= 0.6 is 0 Å². The van der Waals surface area contributed by atoms with Gasteiger partial charge in [-0.3, -0.25) is 14.4 Å². The Kier molecular flexibility index (Phi) is 6.58. The number of amides is 3. The highest BCUT2D eigenvalue weighted by Crippen LogP contribution is 2.29. The van der Waals surface area contributed by atoms with Crippen LogP contribution in [0.1, 0.15) is 31.7 Å². The molecule has 2 aromatic carbocycles. The number of hydrogen-bond acceptors (Lipinski definition) is 3. The van der Waals surface area contributed by atoms with Crippen molar-refractivity contribution < 1.29 is 14.4 Å². The average Bonchev–Trinajstić information content (AvgIpc) is 3.22. The summed E-state index contributed by atoms with van der Waals surface area (Å²) < 4.78 is 0. The first-order valence-electron chi connectivity index (χ1n) is 11.5. The van der Waals surface area contributed by atoms with Crippen molar-refractivity contribution in [3.8, 4) is 0 Å². The molecule has 0 aromatic heterocycles. The van der Waals surface area contributed by atoms with Gasteiger partial charge in [0.25, 0.3) is 0 Å². The number of aryl methyl sites for hydroxylation is 1. The maximum absolute atomic E-state index is 13.2. The molecule has 0 N–H and O–H groups in total. The van der Waals surface area contributed by atoms with E-state index in [4.69, 9.17) is 0 Å². The second-order valence-electron chi connectivity index (χ2n) is 8.71. The van der Waals surface area contributed by atoms with E-state index in [1.165, 1.54) is 0 Å². The van der Waals surface area contributed by atoms with Crippen LogP contribution in [-0.4, -0.2) is 48.8 Å². The number of nitrogens with zero attached hydrogens (tertiary/aromatic N) is 3. The number of hydrogen-bond donors (Lipinski definition) is 0. The lowest BCUT2D eigenvalue weighted by molar-refractivity contribution is -0.138. The van der Waals surface area contributed by atoms with Crippen LogP contribution in [0.25, 0.3) is 0 Å². The van der Waals surface area contributed by atoms with Gasteiger partial charge in [-0.2, -0.15) is 0 Å². The van der Waals surface area contributed by atoms with Crippen molar-refractivity contribution in [2.24, 2.45) is 11.8 Å². The molecule has 2 aromatic rings. The second-order valence-corrected chi connectivity index (χ2v) is 8.71. The molecule has 0 aliphatic carbocycles. The molecule has 2 fully saturated rings. The number of para-hydroxylation sites is 2. The van der Waals surface area contributed by atoms with E-state index in [0.29, 0.717) is 39.0 Å². The smallest absolute Gasteiger partial charge is 0.230 e. The zero-order valence-corrected chi connectivity index (χ0v) is 18.9. The zero-order valence-electron chi connectivity index (χ0n) is 18.9. The molecular formula is C26H31N3O3. The van der Waals surface area contributed by atoms with Gasteiger partial charge in [0, 0.05) is 49.9 Å². The largest absolute Gasteiger partial charge is 0.342 e. The molecule has 0 spiro atoms. The SMILES string of the molecule is CCN(C(=O)C1CCN(C(=O)C2CC(=O)N(c3ccccc3)C2)CC1)c1ccccc1C. The average molecular weight is 434 g/mol. The summed E-state index contributed by atoms with van der Waals surface area (Å²) in [5, 5.41) is 0. The molecule has 6 heteroatoms. The molecule has 0 saturated carbocycles. The minimum Gasteiger partial charge on any atom is -0.342 e. The van der Waals surface area contributed by atoms with Crippen molar-refractivity contribution in [2.45, 2.75) is 33.1 Å². The fraction of sp³-hybridized carbons (Fsp3) is 0.423. The van der Waals surface area contributed by atoms with Crippen molar-refractivity contribution in [1.29, 1.82) is 0 Å². The summed E-state index contributed by atoms with van der Waals surface area (Å²) in [6, 6.07) is 17.5. The molecule has 0 bridgehead atoms. The molecule has 32 heavy (non-hydrogen) atoms. The van der Waals surface area contributed by atoms with Crippen molar-refractivity contribution in [3.05, 3.63) is 60.2 Å². The summed E-state index contributed by atoms with van der Waals surface area (Å²) in [5.41, 5.74) is 2.89. The van der Waals surface area contributed by atoms with E-state index in [9.17, 15) is 14.4 Å². The molecule has 168 valence electrons. The Morgan fingerprint density at radius 3 is 2.28 bits per heavy atom. The highest BCUT2D eigenvalue weighted by molar-refractivity contribution is 6.00. The molecule has 6 nitrogen and oxygen atoms in total. The maximum Gasteiger partial charge on any atom is 0.230 e. The zero-order chi connectivity index (χ0) is 22.7. The summed E-state index contributed by atoms with van der Waals surface area (Å²) in [4.78, 5) is 44.2. The first kappa shape index (κ1) is 22.1. The van der Waals surface area contributed by atoms with E-state index in [1.54, 1.807) is 4.90 Å². The fourth-order valence-electron chi connectivity index (χ4n) is 4.87. The van der Waals surface area contributed by atoms with Gasteiger partial charge in [0.15, 0.2) is 0 Å². The molecule has 3 amide bonds.